The minimum Gasteiger partial charge on any atom is -0.474 e. The highest BCUT2D eigenvalue weighted by molar-refractivity contribution is 5.54. The van der Waals surface area contributed by atoms with Gasteiger partial charge in [-0.3, -0.25) is 0 Å². The Balaban J connectivity index is 2.23. The van der Waals surface area contributed by atoms with Crippen LogP contribution in [0, 0.1) is 0 Å². The summed E-state index contributed by atoms with van der Waals surface area (Å²) in [7, 11) is 0. The van der Waals surface area contributed by atoms with Crippen LogP contribution in [-0.4, -0.2) is 12.5 Å². The van der Waals surface area contributed by atoms with Gasteiger partial charge >= 0.3 is 0 Å². The van der Waals surface area contributed by atoms with Crippen molar-refractivity contribution in [3.05, 3.63) is 11.8 Å². The van der Waals surface area contributed by atoms with Crippen molar-refractivity contribution in [3.8, 4) is 0 Å². The summed E-state index contributed by atoms with van der Waals surface area (Å²) in [5, 5.41) is 0. The van der Waals surface area contributed by atoms with E-state index in [9.17, 15) is 0 Å². The zero-order valence-corrected chi connectivity index (χ0v) is 5.21. The second-order valence-corrected chi connectivity index (χ2v) is 2.42. The molecule has 0 aromatic carbocycles. The molecule has 48 valence electrons. The van der Waals surface area contributed by atoms with E-state index in [0.29, 0.717) is 6.10 Å². The van der Waals surface area contributed by atoms with Crippen LogP contribution in [0.2, 0.25) is 0 Å². The summed E-state index contributed by atoms with van der Waals surface area (Å²) in [6.45, 7) is 0. The van der Waals surface area contributed by atoms with E-state index >= 15 is 0 Å². The van der Waals surface area contributed by atoms with Crippen LogP contribution in [0.1, 0.15) is 19.3 Å². The van der Waals surface area contributed by atoms with E-state index in [-0.39, 0.29) is 0 Å². The Morgan fingerprint density at radius 1 is 1.67 bits per heavy atom. The molecule has 0 N–H and O–H groups in total. The van der Waals surface area contributed by atoms with E-state index < -0.39 is 0 Å². The van der Waals surface area contributed by atoms with Crippen molar-refractivity contribution in [1.29, 1.82) is 0 Å². The number of allylic oxidation sites excluding steroid dienone is 1. The normalized spacial score (nSPS) is 31.1. The van der Waals surface area contributed by atoms with Crippen LogP contribution in [0.5, 0.6) is 0 Å². The lowest BCUT2D eigenvalue weighted by atomic mass is 10.0. The first-order chi connectivity index (χ1) is 4.47. The lowest BCUT2D eigenvalue weighted by Crippen LogP contribution is -2.11. The molecule has 0 bridgehead atoms. The van der Waals surface area contributed by atoms with Gasteiger partial charge in [0, 0.05) is 0 Å². The molecule has 1 aliphatic heterocycles. The zero-order valence-electron chi connectivity index (χ0n) is 5.21. The molecule has 1 aliphatic carbocycles. The van der Waals surface area contributed by atoms with Crippen molar-refractivity contribution in [2.24, 2.45) is 4.99 Å². The number of hydrogen-bond acceptors (Lipinski definition) is 2. The number of fused-ring (bicyclic) bond motifs is 1. The maximum atomic E-state index is 5.20. The van der Waals surface area contributed by atoms with Crippen molar-refractivity contribution < 1.29 is 4.74 Å². The van der Waals surface area contributed by atoms with Gasteiger partial charge in [-0.1, -0.05) is 6.08 Å². The largest absolute Gasteiger partial charge is 0.474 e. The van der Waals surface area contributed by atoms with Gasteiger partial charge in [-0.25, -0.2) is 4.99 Å². The molecule has 0 amide bonds. The average molecular weight is 123 g/mol. The molecular formula is C7H9NO. The van der Waals surface area contributed by atoms with Gasteiger partial charge in [0.25, 0.3) is 0 Å². The van der Waals surface area contributed by atoms with E-state index in [2.05, 4.69) is 11.1 Å². The monoisotopic (exact) mass is 123 g/mol. The van der Waals surface area contributed by atoms with Gasteiger partial charge in [0.2, 0.25) is 0 Å². The Morgan fingerprint density at radius 2 is 2.67 bits per heavy atom. The summed E-state index contributed by atoms with van der Waals surface area (Å²) < 4.78 is 5.20. The van der Waals surface area contributed by atoms with Crippen LogP contribution in [0.3, 0.4) is 0 Å². The van der Waals surface area contributed by atoms with Gasteiger partial charge in [0.1, 0.15) is 6.10 Å². The summed E-state index contributed by atoms with van der Waals surface area (Å²) in [5.74, 6) is 0. The fourth-order valence-corrected chi connectivity index (χ4v) is 1.27. The van der Waals surface area contributed by atoms with Crippen molar-refractivity contribution in [1.82, 2.24) is 0 Å². The first kappa shape index (κ1) is 5.03. The lowest BCUT2D eigenvalue weighted by molar-refractivity contribution is 0.234. The summed E-state index contributed by atoms with van der Waals surface area (Å²) in [5.41, 5.74) is 1.14. The second-order valence-electron chi connectivity index (χ2n) is 2.42. The van der Waals surface area contributed by atoms with Crippen LogP contribution in [-0.2, 0) is 4.74 Å². The molecular weight excluding hydrogens is 114 g/mol. The first-order valence-corrected chi connectivity index (χ1v) is 3.35. The van der Waals surface area contributed by atoms with E-state index in [0.717, 1.165) is 12.1 Å². The number of ether oxygens (including phenoxy) is 1. The maximum absolute atomic E-state index is 5.20. The Labute approximate surface area is 54.2 Å². The van der Waals surface area contributed by atoms with Crippen LogP contribution in [0.4, 0.5) is 0 Å². The molecule has 2 heteroatoms. The molecule has 0 saturated carbocycles. The summed E-state index contributed by atoms with van der Waals surface area (Å²) in [6.07, 6.45) is 7.59. The van der Waals surface area contributed by atoms with Crippen LogP contribution in [0.25, 0.3) is 0 Å². The molecule has 0 spiro atoms. The van der Waals surface area contributed by atoms with Gasteiger partial charge in [-0.05, 0) is 19.3 Å². The molecule has 2 rings (SSSR count). The molecule has 9 heavy (non-hydrogen) atoms. The predicted molar refractivity (Wildman–Crippen MR) is 35.3 cm³/mol. The lowest BCUT2D eigenvalue weighted by Gasteiger charge is -2.13. The number of aliphatic imine (C=N–C) groups is 1. The molecule has 0 radical (unpaired) electrons. The highest BCUT2D eigenvalue weighted by Crippen LogP contribution is 2.24. The molecule has 1 heterocycles. The number of nitrogens with zero attached hydrogens (tertiary/aromatic N) is 1. The molecule has 2 nitrogen and oxygen atoms in total. The number of hydrogen-bond donors (Lipinski definition) is 0. The smallest absolute Gasteiger partial charge is 0.175 e. The van der Waals surface area contributed by atoms with Crippen molar-refractivity contribution in [2.75, 3.05) is 0 Å². The van der Waals surface area contributed by atoms with Crippen molar-refractivity contribution >= 4 is 6.40 Å². The van der Waals surface area contributed by atoms with E-state index in [1.54, 1.807) is 6.40 Å². The quantitative estimate of drug-likeness (QED) is 0.478. The molecule has 0 aromatic rings. The summed E-state index contributed by atoms with van der Waals surface area (Å²) >= 11 is 0. The zero-order chi connectivity index (χ0) is 6.10. The highest BCUT2D eigenvalue weighted by Gasteiger charge is 2.20. The summed E-state index contributed by atoms with van der Waals surface area (Å²) in [6, 6.07) is 0. The van der Waals surface area contributed by atoms with Gasteiger partial charge < -0.3 is 4.74 Å². The minimum atomic E-state index is 0.304. The number of rotatable bonds is 0. The van der Waals surface area contributed by atoms with Crippen molar-refractivity contribution in [3.63, 3.8) is 0 Å². The first-order valence-electron chi connectivity index (χ1n) is 3.35. The standard InChI is InChI=1S/C7H9NO/c1-2-4-7-6(3-1)8-5-9-7/h3,5,7H,1-2,4H2. The third kappa shape index (κ3) is 0.745. The third-order valence-electron chi connectivity index (χ3n) is 1.78. The maximum Gasteiger partial charge on any atom is 0.175 e. The Kier molecular flexibility index (Phi) is 1.04. The van der Waals surface area contributed by atoms with E-state index in [1.807, 2.05) is 0 Å². The Hall–Kier alpha value is -0.790. The molecule has 1 unspecified atom stereocenters. The predicted octanol–water partition coefficient (Wildman–Crippen LogP) is 1.48. The molecule has 1 atom stereocenters. The topological polar surface area (TPSA) is 21.6 Å². The van der Waals surface area contributed by atoms with Crippen LogP contribution < -0.4 is 0 Å². The molecule has 0 fully saturated rings. The van der Waals surface area contributed by atoms with E-state index in [1.165, 1.54) is 12.8 Å². The second kappa shape index (κ2) is 1.87. The Bertz CT molecular complexity index is 172. The van der Waals surface area contributed by atoms with Crippen LogP contribution in [0.15, 0.2) is 16.8 Å². The van der Waals surface area contributed by atoms with Crippen LogP contribution >= 0.6 is 0 Å². The average Bonchev–Trinajstić information content (AvgIpc) is 2.33. The van der Waals surface area contributed by atoms with E-state index in [4.69, 9.17) is 4.74 Å². The van der Waals surface area contributed by atoms with Crippen molar-refractivity contribution in [2.45, 2.75) is 25.4 Å². The SMILES string of the molecule is C1=NC2=CCCCC2O1. The fourth-order valence-electron chi connectivity index (χ4n) is 1.27. The van der Waals surface area contributed by atoms with Gasteiger partial charge in [-0.2, -0.15) is 0 Å². The Morgan fingerprint density at radius 3 is 3.56 bits per heavy atom. The third-order valence-corrected chi connectivity index (χ3v) is 1.78. The van der Waals surface area contributed by atoms with Gasteiger partial charge in [-0.15, -0.1) is 0 Å². The molecule has 2 aliphatic rings. The highest BCUT2D eigenvalue weighted by atomic mass is 16.5. The molecule has 0 aromatic heterocycles. The fraction of sp³-hybridized carbons (Fsp3) is 0.571. The molecule has 0 saturated heterocycles. The van der Waals surface area contributed by atoms with Gasteiger partial charge in [0.05, 0.1) is 5.70 Å². The minimum absolute atomic E-state index is 0.304. The van der Waals surface area contributed by atoms with Gasteiger partial charge in [0.15, 0.2) is 6.40 Å². The summed E-state index contributed by atoms with van der Waals surface area (Å²) in [4.78, 5) is 4.07.